The van der Waals surface area contributed by atoms with Crippen LogP contribution in [0.1, 0.15) is 40.9 Å². The Kier molecular flexibility index (Phi) is 7.86. The summed E-state index contributed by atoms with van der Waals surface area (Å²) in [5.41, 5.74) is 7.31. The van der Waals surface area contributed by atoms with Gasteiger partial charge in [0.25, 0.3) is 11.8 Å². The number of halogens is 1. The number of hydrazone groups is 1. The smallest absolute Gasteiger partial charge is 0.262 e. The second-order valence-electron chi connectivity index (χ2n) is 9.13. The van der Waals surface area contributed by atoms with Gasteiger partial charge in [-0.2, -0.15) is 5.10 Å². The number of carbonyl (C=O) groups excluding carboxylic acids is 2. The van der Waals surface area contributed by atoms with E-state index in [4.69, 9.17) is 11.6 Å². The van der Waals surface area contributed by atoms with Crippen molar-refractivity contribution in [3.63, 3.8) is 0 Å². The van der Waals surface area contributed by atoms with E-state index in [0.29, 0.717) is 10.6 Å². The van der Waals surface area contributed by atoms with Crippen molar-refractivity contribution in [3.8, 4) is 0 Å². The van der Waals surface area contributed by atoms with Crippen molar-refractivity contribution in [2.24, 2.45) is 11.0 Å². The van der Waals surface area contributed by atoms with E-state index in [1.807, 2.05) is 38.2 Å². The summed E-state index contributed by atoms with van der Waals surface area (Å²) in [7, 11) is 0. The first-order valence-corrected chi connectivity index (χ1v) is 12.2. The van der Waals surface area contributed by atoms with Crippen LogP contribution < -0.4 is 10.7 Å². The summed E-state index contributed by atoms with van der Waals surface area (Å²) in [6.07, 6.45) is 3.67. The van der Waals surface area contributed by atoms with Gasteiger partial charge in [-0.15, -0.1) is 0 Å². The topological polar surface area (TPSA) is 75.5 Å². The minimum absolute atomic E-state index is 0.150. The highest BCUT2D eigenvalue weighted by Gasteiger charge is 2.25. The number of hydrogen-bond acceptors (Lipinski definition) is 3. The summed E-state index contributed by atoms with van der Waals surface area (Å²) >= 11 is 6.13. The molecule has 0 bridgehead atoms. The van der Waals surface area contributed by atoms with Crippen LogP contribution in [0.25, 0.3) is 10.9 Å². The first-order valence-electron chi connectivity index (χ1n) is 11.8. The number of nitrogens with one attached hydrogen (secondary N) is 2. The van der Waals surface area contributed by atoms with E-state index in [-0.39, 0.29) is 5.92 Å². The summed E-state index contributed by atoms with van der Waals surface area (Å²) in [6.45, 7) is 6.53. The van der Waals surface area contributed by atoms with Gasteiger partial charge < -0.3 is 9.88 Å². The third kappa shape index (κ3) is 5.83. The van der Waals surface area contributed by atoms with Gasteiger partial charge in [0.05, 0.1) is 16.8 Å². The molecule has 0 spiro atoms. The number of carbonyl (C=O) groups is 2. The number of amides is 2. The highest BCUT2D eigenvalue weighted by molar-refractivity contribution is 6.33. The zero-order valence-corrected chi connectivity index (χ0v) is 21.3. The van der Waals surface area contributed by atoms with Gasteiger partial charge in [0.2, 0.25) is 0 Å². The maximum absolute atomic E-state index is 12.9. The van der Waals surface area contributed by atoms with E-state index in [0.717, 1.165) is 23.0 Å². The largest absolute Gasteiger partial charge is 0.342 e. The Labute approximate surface area is 216 Å². The minimum atomic E-state index is -0.770. The molecule has 4 aromatic rings. The first-order chi connectivity index (χ1) is 17.3. The highest BCUT2D eigenvalue weighted by Crippen LogP contribution is 2.21. The third-order valence-corrected chi connectivity index (χ3v) is 6.32. The Bertz CT molecular complexity index is 1420. The lowest BCUT2D eigenvalue weighted by Crippen LogP contribution is -2.48. The molecule has 0 fully saturated rings. The number of para-hydroxylation sites is 1. The van der Waals surface area contributed by atoms with Gasteiger partial charge in [-0.05, 0) is 36.6 Å². The molecule has 0 radical (unpaired) electrons. The molecule has 4 rings (SSSR count). The van der Waals surface area contributed by atoms with Gasteiger partial charge in [-0.3, -0.25) is 9.59 Å². The Morgan fingerprint density at radius 1 is 1.03 bits per heavy atom. The molecular weight excluding hydrogens is 472 g/mol. The van der Waals surface area contributed by atoms with Crippen molar-refractivity contribution >= 4 is 40.5 Å². The van der Waals surface area contributed by atoms with Crippen LogP contribution in [-0.2, 0) is 11.3 Å². The predicted molar refractivity (Wildman–Crippen MR) is 145 cm³/mol. The number of fused-ring (bicyclic) bond motifs is 1. The minimum Gasteiger partial charge on any atom is -0.342 e. The summed E-state index contributed by atoms with van der Waals surface area (Å²) in [6, 6.07) is 22.5. The fourth-order valence-corrected chi connectivity index (χ4v) is 4.37. The van der Waals surface area contributed by atoms with Crippen molar-refractivity contribution in [2.75, 3.05) is 0 Å². The van der Waals surface area contributed by atoms with Crippen LogP contribution in [0.5, 0.6) is 0 Å². The number of rotatable bonds is 8. The molecule has 0 aliphatic heterocycles. The van der Waals surface area contributed by atoms with Gasteiger partial charge in [-0.1, -0.05) is 85.6 Å². The average molecular weight is 501 g/mol. The Morgan fingerprint density at radius 2 is 1.78 bits per heavy atom. The van der Waals surface area contributed by atoms with Crippen molar-refractivity contribution < 1.29 is 9.59 Å². The molecule has 6 nitrogen and oxygen atoms in total. The molecule has 3 aromatic carbocycles. The lowest BCUT2D eigenvalue weighted by molar-refractivity contribution is -0.123. The predicted octanol–water partition coefficient (Wildman–Crippen LogP) is 5.56. The molecule has 184 valence electrons. The van der Waals surface area contributed by atoms with Gasteiger partial charge in [0.15, 0.2) is 0 Å². The van der Waals surface area contributed by atoms with E-state index in [1.54, 1.807) is 30.5 Å². The first kappa shape index (κ1) is 25.2. The van der Waals surface area contributed by atoms with Gasteiger partial charge in [0.1, 0.15) is 6.04 Å². The molecule has 2 amide bonds. The molecule has 1 unspecified atom stereocenters. The fraction of sp³-hybridized carbons (Fsp3) is 0.207. The summed E-state index contributed by atoms with van der Waals surface area (Å²) in [5, 5.41) is 8.36. The fourth-order valence-electron chi connectivity index (χ4n) is 4.15. The lowest BCUT2D eigenvalue weighted by atomic mass is 10.0. The van der Waals surface area contributed by atoms with Gasteiger partial charge >= 0.3 is 0 Å². The molecule has 0 aliphatic rings. The van der Waals surface area contributed by atoms with E-state index < -0.39 is 17.9 Å². The highest BCUT2D eigenvalue weighted by atomic mass is 35.5. The van der Waals surface area contributed by atoms with Gasteiger partial charge in [0, 0.05) is 29.2 Å². The average Bonchev–Trinajstić information content (AvgIpc) is 3.19. The van der Waals surface area contributed by atoms with Crippen LogP contribution in [0.15, 0.2) is 84.1 Å². The van der Waals surface area contributed by atoms with Crippen LogP contribution in [-0.4, -0.2) is 28.6 Å². The summed E-state index contributed by atoms with van der Waals surface area (Å²) in [5.74, 6) is -0.953. The Balaban J connectivity index is 1.49. The standard InChI is InChI=1S/C29H29ClN4O2/c1-19(2)27(32-28(35)24-12-4-6-13-25(24)30)29(36)33-31-16-22-18-34(26-14-7-5-11-23(22)26)17-21-10-8-9-20(3)15-21/h4-16,18-19,27H,17H2,1-3H3,(H,32,35)(H,33,36). The summed E-state index contributed by atoms with van der Waals surface area (Å²) in [4.78, 5) is 25.6. The SMILES string of the molecule is Cc1cccc(Cn2cc(C=NNC(=O)C(NC(=O)c3ccccc3Cl)C(C)C)c3ccccc32)c1. The van der Waals surface area contributed by atoms with Gasteiger partial charge in [-0.25, -0.2) is 5.43 Å². The van der Waals surface area contributed by atoms with Crippen molar-refractivity contribution in [1.82, 2.24) is 15.3 Å². The number of aryl methyl sites for hydroxylation is 1. The molecule has 1 atom stereocenters. The van der Waals surface area contributed by atoms with Crippen molar-refractivity contribution in [1.29, 1.82) is 0 Å². The normalized spacial score (nSPS) is 12.2. The molecule has 7 heteroatoms. The van der Waals surface area contributed by atoms with Crippen LogP contribution >= 0.6 is 11.6 Å². The summed E-state index contributed by atoms with van der Waals surface area (Å²) < 4.78 is 2.17. The van der Waals surface area contributed by atoms with Crippen LogP contribution in [0.4, 0.5) is 0 Å². The number of benzene rings is 3. The quantitative estimate of drug-likeness (QED) is 0.245. The Hall–Kier alpha value is -3.90. The molecule has 0 saturated carbocycles. The molecule has 0 aliphatic carbocycles. The monoisotopic (exact) mass is 500 g/mol. The molecule has 1 aromatic heterocycles. The Morgan fingerprint density at radius 3 is 2.53 bits per heavy atom. The molecule has 36 heavy (non-hydrogen) atoms. The van der Waals surface area contributed by atoms with E-state index in [1.165, 1.54) is 11.1 Å². The molecule has 2 N–H and O–H groups in total. The van der Waals surface area contributed by atoms with Crippen molar-refractivity contribution in [3.05, 3.63) is 106 Å². The number of nitrogens with zero attached hydrogens (tertiary/aromatic N) is 2. The zero-order valence-electron chi connectivity index (χ0n) is 20.5. The maximum atomic E-state index is 12.9. The lowest BCUT2D eigenvalue weighted by Gasteiger charge is -2.20. The van der Waals surface area contributed by atoms with E-state index >= 15 is 0 Å². The second kappa shape index (κ2) is 11.2. The second-order valence-corrected chi connectivity index (χ2v) is 9.53. The van der Waals surface area contributed by atoms with E-state index in [9.17, 15) is 9.59 Å². The molecular formula is C29H29ClN4O2. The molecule has 1 heterocycles. The van der Waals surface area contributed by atoms with Crippen LogP contribution in [0.2, 0.25) is 5.02 Å². The number of hydrogen-bond donors (Lipinski definition) is 2. The maximum Gasteiger partial charge on any atom is 0.262 e. The molecule has 0 saturated heterocycles. The van der Waals surface area contributed by atoms with Crippen molar-refractivity contribution in [2.45, 2.75) is 33.4 Å². The van der Waals surface area contributed by atoms with E-state index in [2.05, 4.69) is 57.7 Å². The van der Waals surface area contributed by atoms with Crippen LogP contribution in [0, 0.1) is 12.8 Å². The zero-order chi connectivity index (χ0) is 25.7. The third-order valence-electron chi connectivity index (χ3n) is 5.99. The number of aromatic nitrogens is 1. The van der Waals surface area contributed by atoms with Crippen LogP contribution in [0.3, 0.4) is 0 Å².